The van der Waals surface area contributed by atoms with Crippen molar-refractivity contribution in [2.45, 2.75) is 130 Å². The Morgan fingerprint density at radius 1 is 0.792 bits per heavy atom. The van der Waals surface area contributed by atoms with Gasteiger partial charge in [0.05, 0.1) is 31.5 Å². The van der Waals surface area contributed by atoms with Crippen LogP contribution in [0.5, 0.6) is 11.5 Å². The average Bonchev–Trinajstić information content (AvgIpc) is 3.35. The summed E-state index contributed by atoms with van der Waals surface area (Å²) in [6.45, 7) is 19.8. The molecule has 7 N–H and O–H groups in total. The number of aromatic nitrogens is 2. The van der Waals surface area contributed by atoms with E-state index < -0.39 is 77.2 Å². The molecule has 416 valence electrons. The second kappa shape index (κ2) is 25.8. The van der Waals surface area contributed by atoms with Crippen LogP contribution in [0, 0.1) is 6.92 Å². The smallest absolute Gasteiger partial charge is 0.407 e. The van der Waals surface area contributed by atoms with E-state index in [1.807, 2.05) is 24.3 Å². The highest BCUT2D eigenvalue weighted by Crippen LogP contribution is 2.40. The number of nitrogens with one attached hydrogen (secondary N) is 5. The summed E-state index contributed by atoms with van der Waals surface area (Å²) < 4.78 is 28.5. The van der Waals surface area contributed by atoms with Crippen molar-refractivity contribution in [2.24, 2.45) is 5.73 Å². The molecule has 5 rings (SSSR count). The van der Waals surface area contributed by atoms with Gasteiger partial charge in [-0.25, -0.2) is 24.4 Å². The van der Waals surface area contributed by atoms with Gasteiger partial charge in [0, 0.05) is 36.4 Å². The fourth-order valence-corrected chi connectivity index (χ4v) is 8.11. The molecule has 0 fully saturated rings. The Hall–Kier alpha value is -7.81. The van der Waals surface area contributed by atoms with Crippen LogP contribution in [0.25, 0.3) is 22.5 Å². The minimum Gasteiger partial charge on any atom is -0.491 e. The molecule has 1 aliphatic heterocycles. The van der Waals surface area contributed by atoms with Gasteiger partial charge in [-0.2, -0.15) is 0 Å². The van der Waals surface area contributed by atoms with Crippen LogP contribution in [0.15, 0.2) is 66.9 Å². The van der Waals surface area contributed by atoms with Gasteiger partial charge < -0.3 is 60.9 Å². The molecule has 0 unspecified atom stereocenters. The third-order valence-corrected chi connectivity index (χ3v) is 12.0. The third kappa shape index (κ3) is 17.1. The molecule has 0 radical (unpaired) electrons. The number of ether oxygens (including phenoxy) is 5. The van der Waals surface area contributed by atoms with E-state index in [0.29, 0.717) is 28.2 Å². The summed E-state index contributed by atoms with van der Waals surface area (Å²) in [7, 11) is 2.57. The van der Waals surface area contributed by atoms with Crippen LogP contribution in [0.3, 0.4) is 0 Å². The van der Waals surface area contributed by atoms with Crippen LogP contribution in [0.1, 0.15) is 114 Å². The van der Waals surface area contributed by atoms with Gasteiger partial charge in [0.25, 0.3) is 5.91 Å². The van der Waals surface area contributed by atoms with Crippen molar-refractivity contribution >= 4 is 41.8 Å². The van der Waals surface area contributed by atoms with E-state index in [1.165, 1.54) is 27.3 Å². The molecule has 0 saturated heterocycles. The van der Waals surface area contributed by atoms with Crippen molar-refractivity contribution < 1.29 is 57.2 Å². The van der Waals surface area contributed by atoms with Crippen molar-refractivity contribution in [2.75, 3.05) is 47.0 Å². The number of amides is 6. The van der Waals surface area contributed by atoms with Crippen LogP contribution in [0.2, 0.25) is 0 Å². The van der Waals surface area contributed by atoms with Crippen molar-refractivity contribution in [3.8, 4) is 34.0 Å². The quantitative estimate of drug-likeness (QED) is 0.0453. The molecule has 0 saturated carbocycles. The van der Waals surface area contributed by atoms with E-state index in [2.05, 4.69) is 57.3 Å². The lowest BCUT2D eigenvalue weighted by Gasteiger charge is -2.32. The molecular formula is C56H75N9O12. The van der Waals surface area contributed by atoms with Crippen molar-refractivity contribution in [3.05, 3.63) is 94.8 Å². The summed E-state index contributed by atoms with van der Waals surface area (Å²) in [5.41, 5.74) is 8.36. The molecule has 4 atom stereocenters. The summed E-state index contributed by atoms with van der Waals surface area (Å²) in [4.78, 5) is 106. The monoisotopic (exact) mass is 1070 g/mol. The SMILES string of the molecule is COC(=O)[C@@H]1Cc2ccc(OCCNC(=O)OC(C)(C)C)c(c2)-c2cc(ccc2OCCNC(=O)OC(C)(C)C)[C@H](N(C)C(=O)[C@H](CCN)NC(=O)c2cnc(-c3ccc(C(C)(C)C)cc3)nc2C)C(=O)N[C@@H](C)C(=O)N1. The molecule has 1 aliphatic rings. The van der Waals surface area contributed by atoms with E-state index >= 15 is 0 Å². The van der Waals surface area contributed by atoms with Crippen molar-refractivity contribution in [1.82, 2.24) is 41.5 Å². The zero-order valence-corrected chi connectivity index (χ0v) is 46.4. The van der Waals surface area contributed by atoms with Crippen LogP contribution in [-0.4, -0.2) is 133 Å². The molecule has 0 aliphatic carbocycles. The fourth-order valence-electron chi connectivity index (χ4n) is 8.11. The van der Waals surface area contributed by atoms with E-state index in [1.54, 1.807) is 84.9 Å². The Kier molecular flexibility index (Phi) is 20.1. The Labute approximate surface area is 450 Å². The lowest BCUT2D eigenvalue weighted by molar-refractivity contribution is -0.145. The van der Waals surface area contributed by atoms with Crippen LogP contribution >= 0.6 is 0 Å². The van der Waals surface area contributed by atoms with Gasteiger partial charge in [-0.15, -0.1) is 0 Å². The highest BCUT2D eigenvalue weighted by atomic mass is 16.6. The predicted octanol–water partition coefficient (Wildman–Crippen LogP) is 5.59. The number of alkyl carbamates (subject to hydrolysis) is 2. The number of carbonyl (C=O) groups excluding carboxylic acids is 7. The first-order valence-electron chi connectivity index (χ1n) is 25.5. The number of esters is 1. The fraction of sp³-hybridized carbons (Fsp3) is 0.482. The van der Waals surface area contributed by atoms with Gasteiger partial charge in [0.15, 0.2) is 5.82 Å². The summed E-state index contributed by atoms with van der Waals surface area (Å²) >= 11 is 0. The van der Waals surface area contributed by atoms with E-state index in [-0.39, 0.29) is 73.7 Å². The highest BCUT2D eigenvalue weighted by molar-refractivity contribution is 6.00. The van der Waals surface area contributed by atoms with E-state index in [9.17, 15) is 33.6 Å². The predicted molar refractivity (Wildman–Crippen MR) is 288 cm³/mol. The van der Waals surface area contributed by atoms with Crippen LogP contribution < -0.4 is 41.8 Å². The largest absolute Gasteiger partial charge is 0.491 e. The molecule has 6 amide bonds. The van der Waals surface area contributed by atoms with Gasteiger partial charge in [-0.3, -0.25) is 19.2 Å². The van der Waals surface area contributed by atoms with Gasteiger partial charge in [-0.1, -0.05) is 57.2 Å². The first-order valence-corrected chi connectivity index (χ1v) is 25.5. The summed E-state index contributed by atoms with van der Waals surface area (Å²) in [5, 5.41) is 13.5. The molecule has 2 heterocycles. The molecule has 77 heavy (non-hydrogen) atoms. The lowest BCUT2D eigenvalue weighted by atomic mass is 9.87. The Morgan fingerprint density at radius 3 is 1.90 bits per heavy atom. The summed E-state index contributed by atoms with van der Waals surface area (Å²) in [6.07, 6.45) is -0.0189. The second-order valence-corrected chi connectivity index (χ2v) is 21.6. The Bertz CT molecular complexity index is 2780. The zero-order valence-electron chi connectivity index (χ0n) is 46.4. The molecular weight excluding hydrogens is 991 g/mol. The molecule has 4 bridgehead atoms. The Balaban J connectivity index is 1.58. The number of hydrogen-bond acceptors (Lipinski definition) is 15. The number of carbonyl (C=O) groups is 7. The maximum atomic E-state index is 14.9. The Morgan fingerprint density at radius 2 is 1.36 bits per heavy atom. The minimum absolute atomic E-state index is 0.0198. The topological polar surface area (TPSA) is 281 Å². The maximum Gasteiger partial charge on any atom is 0.407 e. The molecule has 21 nitrogen and oxygen atoms in total. The summed E-state index contributed by atoms with van der Waals surface area (Å²) in [5.74, 6) is -2.72. The van der Waals surface area contributed by atoms with Crippen LogP contribution in [0.4, 0.5) is 9.59 Å². The molecule has 3 aromatic carbocycles. The number of nitrogens with two attached hydrogens (primary N) is 1. The summed E-state index contributed by atoms with van der Waals surface area (Å²) in [6, 6.07) is 12.5. The minimum atomic E-state index is -1.49. The zero-order chi connectivity index (χ0) is 57.0. The normalized spacial score (nSPS) is 16.3. The van der Waals surface area contributed by atoms with Gasteiger partial charge in [0.2, 0.25) is 17.7 Å². The highest BCUT2D eigenvalue weighted by Gasteiger charge is 2.36. The number of aryl methyl sites for hydroxylation is 1. The molecule has 21 heteroatoms. The number of nitrogens with zero attached hydrogens (tertiary/aromatic N) is 3. The number of likely N-dealkylation sites (N-methyl/N-ethyl adjacent to an activating group) is 1. The van der Waals surface area contributed by atoms with Crippen LogP contribution in [-0.2, 0) is 45.2 Å². The number of hydrogen-bond donors (Lipinski definition) is 6. The first kappa shape index (κ1) is 60.1. The standard InChI is InChI=1S/C56H75N9O12/c1-32-40(31-60-46(61-32)35-15-18-37(19-16-35)54(3,4)5)48(67)63-41(22-23-57)50(69)65(12)45-36-17-21-44(75-27-25-59-53(72)77-56(9,10)11)39(30-36)38-28-34(14-20-43(38)74-26-24-58-52(71)76-55(6,7)8)29-42(51(70)73-13)64-47(66)33(2)62-49(45)68/h14-21,28,30-31,33,41-42,45H,22-27,29,57H2,1-13H3,(H,58,71)(H,59,72)(H,62,68)(H,63,67)(H,64,66)/t33-,41-,42-,45-/m0/s1. The van der Waals surface area contributed by atoms with E-state index in [4.69, 9.17) is 29.4 Å². The van der Waals surface area contributed by atoms with Gasteiger partial charge in [-0.05, 0) is 115 Å². The van der Waals surface area contributed by atoms with Crippen molar-refractivity contribution in [1.29, 1.82) is 0 Å². The van der Waals surface area contributed by atoms with Gasteiger partial charge >= 0.3 is 18.2 Å². The average molecular weight is 1070 g/mol. The molecule has 0 spiro atoms. The lowest BCUT2D eigenvalue weighted by Crippen LogP contribution is -2.55. The second-order valence-electron chi connectivity index (χ2n) is 21.6. The van der Waals surface area contributed by atoms with E-state index in [0.717, 1.165) is 16.0 Å². The number of benzene rings is 3. The van der Waals surface area contributed by atoms with Gasteiger partial charge in [0.1, 0.15) is 60.1 Å². The third-order valence-electron chi connectivity index (χ3n) is 12.0. The molecule has 4 aromatic rings. The number of methoxy groups -OCH3 is 1. The number of rotatable bonds is 16. The molecule has 1 aromatic heterocycles. The number of fused-ring (bicyclic) bond motifs is 5. The van der Waals surface area contributed by atoms with Crippen molar-refractivity contribution in [3.63, 3.8) is 0 Å². The first-order chi connectivity index (χ1) is 36.1. The maximum absolute atomic E-state index is 14.9.